The van der Waals surface area contributed by atoms with Gasteiger partial charge in [-0.05, 0) is 37.6 Å². The Kier molecular flexibility index (Phi) is 5.25. The lowest BCUT2D eigenvalue weighted by Gasteiger charge is -2.12. The van der Waals surface area contributed by atoms with Gasteiger partial charge in [0.25, 0.3) is 5.91 Å². The van der Waals surface area contributed by atoms with Crippen LogP contribution in [0, 0.1) is 6.92 Å². The molecule has 1 aliphatic rings. The quantitative estimate of drug-likeness (QED) is 0.868. The molecule has 1 atom stereocenters. The molecule has 0 saturated carbocycles. The fraction of sp³-hybridized carbons (Fsp3) is 0.417. The van der Waals surface area contributed by atoms with Gasteiger partial charge in [-0.3, -0.25) is 4.79 Å². The highest BCUT2D eigenvalue weighted by Gasteiger charge is 2.18. The zero-order valence-electron chi connectivity index (χ0n) is 9.63. The molecule has 94 valence electrons. The van der Waals surface area contributed by atoms with E-state index < -0.39 is 0 Å². The highest BCUT2D eigenvalue weighted by molar-refractivity contribution is 6.33. The van der Waals surface area contributed by atoms with E-state index in [4.69, 9.17) is 11.6 Å². The van der Waals surface area contributed by atoms with Crippen LogP contribution in [0.3, 0.4) is 0 Å². The van der Waals surface area contributed by atoms with Gasteiger partial charge < -0.3 is 10.6 Å². The second-order valence-electron chi connectivity index (χ2n) is 4.15. The van der Waals surface area contributed by atoms with Crippen molar-refractivity contribution in [2.75, 3.05) is 13.1 Å². The van der Waals surface area contributed by atoms with Gasteiger partial charge in [-0.1, -0.05) is 17.7 Å². The van der Waals surface area contributed by atoms with E-state index in [-0.39, 0.29) is 24.4 Å². The van der Waals surface area contributed by atoms with E-state index >= 15 is 0 Å². The van der Waals surface area contributed by atoms with Crippen LogP contribution >= 0.6 is 24.0 Å². The highest BCUT2D eigenvalue weighted by atomic mass is 35.5. The summed E-state index contributed by atoms with van der Waals surface area (Å²) in [7, 11) is 0. The fourth-order valence-electron chi connectivity index (χ4n) is 1.85. The SMILES string of the molecule is Cc1ccc(C(=O)NC2CCNC2)c(Cl)c1.Cl. The lowest BCUT2D eigenvalue weighted by molar-refractivity contribution is 0.0940. The monoisotopic (exact) mass is 274 g/mol. The third-order valence-electron chi connectivity index (χ3n) is 2.76. The Morgan fingerprint density at radius 2 is 2.29 bits per heavy atom. The Morgan fingerprint density at radius 1 is 1.53 bits per heavy atom. The van der Waals surface area contributed by atoms with Crippen LogP contribution in [0.1, 0.15) is 22.3 Å². The van der Waals surface area contributed by atoms with Crippen molar-refractivity contribution in [1.82, 2.24) is 10.6 Å². The van der Waals surface area contributed by atoms with Gasteiger partial charge in [-0.25, -0.2) is 0 Å². The van der Waals surface area contributed by atoms with Gasteiger partial charge in [0.2, 0.25) is 0 Å². The van der Waals surface area contributed by atoms with Gasteiger partial charge in [0.05, 0.1) is 10.6 Å². The first-order valence-corrected chi connectivity index (χ1v) is 5.82. The molecule has 0 radical (unpaired) electrons. The van der Waals surface area contributed by atoms with Gasteiger partial charge in [-0.2, -0.15) is 0 Å². The zero-order valence-corrected chi connectivity index (χ0v) is 11.2. The Balaban J connectivity index is 0.00000144. The summed E-state index contributed by atoms with van der Waals surface area (Å²) in [6.45, 7) is 3.76. The molecule has 0 aromatic heterocycles. The van der Waals surface area contributed by atoms with Crippen molar-refractivity contribution in [3.63, 3.8) is 0 Å². The van der Waals surface area contributed by atoms with Crippen molar-refractivity contribution in [1.29, 1.82) is 0 Å². The Morgan fingerprint density at radius 3 is 2.88 bits per heavy atom. The zero-order chi connectivity index (χ0) is 11.5. The van der Waals surface area contributed by atoms with Gasteiger partial charge in [0.1, 0.15) is 0 Å². The maximum Gasteiger partial charge on any atom is 0.253 e. The number of aryl methyl sites for hydroxylation is 1. The summed E-state index contributed by atoms with van der Waals surface area (Å²) in [5.41, 5.74) is 1.61. The molecule has 1 amide bonds. The topological polar surface area (TPSA) is 41.1 Å². The molecule has 1 aliphatic heterocycles. The van der Waals surface area contributed by atoms with Crippen LogP contribution in [0.15, 0.2) is 18.2 Å². The van der Waals surface area contributed by atoms with E-state index in [1.54, 1.807) is 6.07 Å². The minimum absolute atomic E-state index is 0. The molecule has 1 saturated heterocycles. The summed E-state index contributed by atoms with van der Waals surface area (Å²) in [5.74, 6) is -0.0845. The van der Waals surface area contributed by atoms with Crippen molar-refractivity contribution in [2.24, 2.45) is 0 Å². The Bertz CT molecular complexity index is 403. The number of carbonyl (C=O) groups is 1. The third kappa shape index (κ3) is 3.60. The van der Waals surface area contributed by atoms with Crippen LogP contribution in [0.5, 0.6) is 0 Å². The Hall–Kier alpha value is -0.770. The average Bonchev–Trinajstić information content (AvgIpc) is 2.70. The number of rotatable bonds is 2. The summed E-state index contributed by atoms with van der Waals surface area (Å²) in [5, 5.41) is 6.69. The molecule has 0 bridgehead atoms. The third-order valence-corrected chi connectivity index (χ3v) is 3.08. The number of hydrogen-bond acceptors (Lipinski definition) is 2. The van der Waals surface area contributed by atoms with E-state index in [2.05, 4.69) is 10.6 Å². The van der Waals surface area contributed by atoms with Gasteiger partial charge >= 0.3 is 0 Å². The molecule has 0 spiro atoms. The fourth-order valence-corrected chi connectivity index (χ4v) is 2.17. The molecular formula is C12H16Cl2N2O. The van der Waals surface area contributed by atoms with Crippen molar-refractivity contribution < 1.29 is 4.79 Å². The molecule has 17 heavy (non-hydrogen) atoms. The predicted octanol–water partition coefficient (Wildman–Crippen LogP) is 2.16. The average molecular weight is 275 g/mol. The lowest BCUT2D eigenvalue weighted by atomic mass is 10.1. The second-order valence-corrected chi connectivity index (χ2v) is 4.55. The van der Waals surface area contributed by atoms with E-state index in [1.165, 1.54) is 0 Å². The minimum atomic E-state index is -0.0845. The molecule has 0 aliphatic carbocycles. The Labute approximate surface area is 112 Å². The number of halogens is 2. The number of nitrogens with one attached hydrogen (secondary N) is 2. The highest BCUT2D eigenvalue weighted by Crippen LogP contribution is 2.17. The van der Waals surface area contributed by atoms with Crippen molar-refractivity contribution in [3.05, 3.63) is 34.3 Å². The van der Waals surface area contributed by atoms with Gasteiger partial charge in [0.15, 0.2) is 0 Å². The molecule has 1 fully saturated rings. The summed E-state index contributed by atoms with van der Waals surface area (Å²) in [6, 6.07) is 5.71. The minimum Gasteiger partial charge on any atom is -0.348 e. The van der Waals surface area contributed by atoms with Crippen LogP contribution in [0.4, 0.5) is 0 Å². The largest absolute Gasteiger partial charge is 0.348 e. The first kappa shape index (κ1) is 14.3. The maximum absolute atomic E-state index is 11.9. The molecule has 2 N–H and O–H groups in total. The van der Waals surface area contributed by atoms with Crippen molar-refractivity contribution in [3.8, 4) is 0 Å². The molecule has 5 heteroatoms. The van der Waals surface area contributed by atoms with E-state index in [9.17, 15) is 4.79 Å². The van der Waals surface area contributed by atoms with Crippen LogP contribution in [-0.4, -0.2) is 25.0 Å². The van der Waals surface area contributed by atoms with Crippen molar-refractivity contribution in [2.45, 2.75) is 19.4 Å². The van der Waals surface area contributed by atoms with Crippen LogP contribution < -0.4 is 10.6 Å². The first-order chi connectivity index (χ1) is 7.66. The molecule has 1 aromatic carbocycles. The first-order valence-electron chi connectivity index (χ1n) is 5.44. The number of hydrogen-bond donors (Lipinski definition) is 2. The summed E-state index contributed by atoms with van der Waals surface area (Å²) in [4.78, 5) is 11.9. The summed E-state index contributed by atoms with van der Waals surface area (Å²) < 4.78 is 0. The predicted molar refractivity (Wildman–Crippen MR) is 72.2 cm³/mol. The summed E-state index contributed by atoms with van der Waals surface area (Å²) >= 11 is 6.03. The molecule has 1 unspecified atom stereocenters. The number of carbonyl (C=O) groups excluding carboxylic acids is 1. The van der Waals surface area contributed by atoms with Crippen LogP contribution in [-0.2, 0) is 0 Å². The molecule has 3 nitrogen and oxygen atoms in total. The van der Waals surface area contributed by atoms with Crippen molar-refractivity contribution >= 4 is 29.9 Å². The van der Waals surface area contributed by atoms with Gasteiger partial charge in [0, 0.05) is 12.6 Å². The second kappa shape index (κ2) is 6.24. The molecule has 2 rings (SSSR count). The summed E-state index contributed by atoms with van der Waals surface area (Å²) in [6.07, 6.45) is 0.981. The molecular weight excluding hydrogens is 259 g/mol. The maximum atomic E-state index is 11.9. The standard InChI is InChI=1S/C12H15ClN2O.ClH/c1-8-2-3-10(11(13)6-8)12(16)15-9-4-5-14-7-9;/h2-3,6,9,14H,4-5,7H2,1H3,(H,15,16);1H. The van der Waals surface area contributed by atoms with Crippen LogP contribution in [0.25, 0.3) is 0 Å². The van der Waals surface area contributed by atoms with Crippen LogP contribution in [0.2, 0.25) is 5.02 Å². The van der Waals surface area contributed by atoms with Gasteiger partial charge in [-0.15, -0.1) is 12.4 Å². The number of amides is 1. The molecule has 1 aromatic rings. The lowest BCUT2D eigenvalue weighted by Crippen LogP contribution is -2.36. The van der Waals surface area contributed by atoms with E-state index in [1.807, 2.05) is 19.1 Å². The number of benzene rings is 1. The normalized spacial score (nSPS) is 18.6. The molecule has 1 heterocycles. The van der Waals surface area contributed by atoms with E-state index in [0.717, 1.165) is 25.1 Å². The van der Waals surface area contributed by atoms with E-state index in [0.29, 0.717) is 10.6 Å². The smallest absolute Gasteiger partial charge is 0.253 e.